The highest BCUT2D eigenvalue weighted by Crippen LogP contribution is 2.51. The van der Waals surface area contributed by atoms with Gasteiger partial charge in [0.15, 0.2) is 0 Å². The Morgan fingerprint density at radius 2 is 1.07 bits per heavy atom. The van der Waals surface area contributed by atoms with Gasteiger partial charge in [-0.15, -0.1) is 45.3 Å². The molecule has 0 aliphatic carbocycles. The molecule has 2 unspecified atom stereocenters. The largest absolute Gasteiger partial charge is 0.206 e. The first-order valence-electron chi connectivity index (χ1n) is 19.7. The molecule has 2 atom stereocenters. The van der Waals surface area contributed by atoms with Gasteiger partial charge in [-0.1, -0.05) is 84.8 Å². The third kappa shape index (κ3) is 6.49. The first-order chi connectivity index (χ1) is 27.4. The number of fused-ring (bicyclic) bond motifs is 5. The molecule has 1 aliphatic heterocycles. The second kappa shape index (κ2) is 16.0. The van der Waals surface area contributed by atoms with Crippen molar-refractivity contribution in [2.24, 2.45) is 11.8 Å². The summed E-state index contributed by atoms with van der Waals surface area (Å²) in [5, 5.41) is 6.92. The van der Waals surface area contributed by atoms with Crippen LogP contribution in [0, 0.1) is 23.5 Å². The van der Waals surface area contributed by atoms with Gasteiger partial charge in [-0.05, 0) is 81.5 Å². The van der Waals surface area contributed by atoms with Crippen molar-refractivity contribution in [3.63, 3.8) is 0 Å². The summed E-state index contributed by atoms with van der Waals surface area (Å²) in [5.41, 5.74) is 5.48. The van der Waals surface area contributed by atoms with Gasteiger partial charge in [0, 0.05) is 40.4 Å². The Morgan fingerprint density at radius 1 is 0.589 bits per heavy atom. The fourth-order valence-corrected chi connectivity index (χ4v) is 22.2. The van der Waals surface area contributed by atoms with Gasteiger partial charge in [0.25, 0.3) is 0 Å². The van der Waals surface area contributed by atoms with Crippen molar-refractivity contribution in [2.45, 2.75) is 84.7 Å². The molecular formula is C43H42F2N4S6Si. The number of benzene rings is 2. The van der Waals surface area contributed by atoms with Crippen LogP contribution in [-0.2, 0) is 0 Å². The van der Waals surface area contributed by atoms with Gasteiger partial charge >= 0.3 is 0 Å². The molecular weight excluding hydrogens is 831 g/mol. The van der Waals surface area contributed by atoms with Gasteiger partial charge < -0.3 is 0 Å². The second-order valence-corrected chi connectivity index (χ2v) is 24.2. The van der Waals surface area contributed by atoms with E-state index in [1.807, 2.05) is 35.0 Å². The molecule has 0 fully saturated rings. The predicted molar refractivity (Wildman–Crippen MR) is 244 cm³/mol. The number of thiophene rings is 4. The first kappa shape index (κ1) is 38.5. The van der Waals surface area contributed by atoms with Crippen LogP contribution in [0.3, 0.4) is 0 Å². The molecule has 2 aromatic carbocycles. The number of rotatable bonds is 15. The van der Waals surface area contributed by atoms with Gasteiger partial charge in [0.1, 0.15) is 41.8 Å². The first-order valence-corrected chi connectivity index (χ1v) is 26.9. The van der Waals surface area contributed by atoms with Crippen LogP contribution in [0.4, 0.5) is 8.78 Å². The number of hydrogen-bond donors (Lipinski definition) is 0. The van der Waals surface area contributed by atoms with Crippen molar-refractivity contribution in [3.8, 4) is 51.5 Å². The molecule has 1 aliphatic rings. The molecule has 9 rings (SSSR count). The van der Waals surface area contributed by atoms with Crippen LogP contribution in [0.2, 0.25) is 12.1 Å². The van der Waals surface area contributed by atoms with Gasteiger partial charge in [0.05, 0.1) is 34.6 Å². The molecule has 6 aromatic heterocycles. The fraction of sp³-hybridized carbons (Fsp3) is 0.349. The van der Waals surface area contributed by atoms with Crippen LogP contribution in [0.1, 0.15) is 72.6 Å². The Morgan fingerprint density at radius 3 is 1.50 bits per heavy atom. The van der Waals surface area contributed by atoms with E-state index in [1.54, 1.807) is 57.5 Å². The van der Waals surface area contributed by atoms with Crippen molar-refractivity contribution >= 4 is 109 Å². The normalized spacial score (nSPS) is 14.5. The van der Waals surface area contributed by atoms with Crippen LogP contribution >= 0.6 is 68.8 Å². The Kier molecular flexibility index (Phi) is 11.0. The third-order valence-corrected chi connectivity index (χ3v) is 22.9. The number of aromatic nitrogens is 4. The number of nitrogens with zero attached hydrogens (tertiary/aromatic N) is 4. The Hall–Kier alpha value is -3.04. The average Bonchev–Trinajstić information content (AvgIpc) is 4.05. The van der Waals surface area contributed by atoms with Crippen molar-refractivity contribution in [2.75, 3.05) is 0 Å². The van der Waals surface area contributed by atoms with Crippen molar-refractivity contribution in [1.82, 2.24) is 17.5 Å². The maximum atomic E-state index is 16.7. The highest BCUT2D eigenvalue weighted by atomic mass is 32.1. The lowest BCUT2D eigenvalue weighted by Crippen LogP contribution is -2.56. The highest BCUT2D eigenvalue weighted by Gasteiger charge is 2.50. The topological polar surface area (TPSA) is 51.6 Å². The smallest absolute Gasteiger partial charge is 0.134 e. The monoisotopic (exact) mass is 872 g/mol. The lowest BCUT2D eigenvalue weighted by Gasteiger charge is -2.35. The summed E-state index contributed by atoms with van der Waals surface area (Å²) < 4.78 is 52.3. The Balaban J connectivity index is 1.27. The van der Waals surface area contributed by atoms with E-state index >= 15 is 8.78 Å². The van der Waals surface area contributed by atoms with Crippen molar-refractivity contribution < 1.29 is 8.78 Å². The maximum absolute atomic E-state index is 16.7. The minimum atomic E-state index is -2.49. The molecule has 13 heteroatoms. The van der Waals surface area contributed by atoms with Crippen molar-refractivity contribution in [3.05, 3.63) is 70.9 Å². The zero-order valence-corrected chi connectivity index (χ0v) is 37.7. The summed E-state index contributed by atoms with van der Waals surface area (Å²) in [5.74, 6) is 0.643. The zero-order valence-electron chi connectivity index (χ0n) is 31.8. The highest BCUT2D eigenvalue weighted by molar-refractivity contribution is 7.31. The van der Waals surface area contributed by atoms with Gasteiger partial charge in [-0.3, -0.25) is 0 Å². The summed E-state index contributed by atoms with van der Waals surface area (Å²) in [6, 6.07) is 18.4. The van der Waals surface area contributed by atoms with Gasteiger partial charge in [-0.25, -0.2) is 8.78 Å². The molecule has 4 nitrogen and oxygen atoms in total. The van der Waals surface area contributed by atoms with E-state index in [9.17, 15) is 0 Å². The van der Waals surface area contributed by atoms with Crippen LogP contribution < -0.4 is 10.4 Å². The van der Waals surface area contributed by atoms with E-state index in [4.69, 9.17) is 17.5 Å². The molecule has 0 amide bonds. The standard InChI is InChI=1S/C43H42F2N4S6Si/c1-5-9-13-25(8-4)23-56(22-24(7-3)12-6-2)34-20-32(36-28(44)18-26(30-14-10-16-50-30)38-40(36)48-54-46-38)52-42(34)43-35(56)21-33(53-43)37-29(45)19-27(31-15-11-17-51-31)39-41(37)49-55-47-39/h10-11,14-21,24-25H,5-9,12-13,22-23H2,1-4H3. The quantitative estimate of drug-likeness (QED) is 0.0963. The summed E-state index contributed by atoms with van der Waals surface area (Å²) in [4.78, 5) is 6.31. The second-order valence-electron chi connectivity index (χ2n) is 15.1. The maximum Gasteiger partial charge on any atom is 0.134 e. The summed E-state index contributed by atoms with van der Waals surface area (Å²) in [6.07, 6.45) is 8.19. The Bertz CT molecular complexity index is 2470. The minimum Gasteiger partial charge on any atom is -0.206 e. The summed E-state index contributed by atoms with van der Waals surface area (Å²) in [7, 11) is -2.49. The Labute approximate surface area is 352 Å². The molecule has 0 spiro atoms. The molecule has 0 saturated carbocycles. The van der Waals surface area contributed by atoms with Gasteiger partial charge in [-0.2, -0.15) is 17.5 Å². The number of halogens is 2. The predicted octanol–water partition coefficient (Wildman–Crippen LogP) is 14.5. The molecule has 56 heavy (non-hydrogen) atoms. The van der Waals surface area contributed by atoms with E-state index in [0.29, 0.717) is 34.0 Å². The van der Waals surface area contributed by atoms with E-state index in [2.05, 4.69) is 39.8 Å². The van der Waals surface area contributed by atoms with Crippen molar-refractivity contribution in [1.29, 1.82) is 0 Å². The van der Waals surface area contributed by atoms with E-state index in [-0.39, 0.29) is 11.6 Å². The molecule has 0 N–H and O–H groups in total. The van der Waals surface area contributed by atoms with Crippen LogP contribution in [0.5, 0.6) is 0 Å². The molecule has 288 valence electrons. The number of hydrogen-bond acceptors (Lipinski definition) is 10. The third-order valence-electron chi connectivity index (χ3n) is 11.8. The lowest BCUT2D eigenvalue weighted by atomic mass is 10.0. The molecule has 7 heterocycles. The summed E-state index contributed by atoms with van der Waals surface area (Å²) >= 11 is 8.88. The summed E-state index contributed by atoms with van der Waals surface area (Å²) in [6.45, 7) is 9.29. The fourth-order valence-electron chi connectivity index (χ4n) is 9.06. The number of unbranched alkanes of at least 4 members (excludes halogenated alkanes) is 1. The molecule has 0 saturated heterocycles. The van der Waals surface area contributed by atoms with E-state index in [0.717, 1.165) is 96.5 Å². The van der Waals surface area contributed by atoms with Crippen LogP contribution in [0.25, 0.3) is 73.6 Å². The zero-order chi connectivity index (χ0) is 38.6. The van der Waals surface area contributed by atoms with Gasteiger partial charge in [0.2, 0.25) is 0 Å². The van der Waals surface area contributed by atoms with E-state index < -0.39 is 8.07 Å². The van der Waals surface area contributed by atoms with Crippen LogP contribution in [-0.4, -0.2) is 25.6 Å². The lowest BCUT2D eigenvalue weighted by molar-refractivity contribution is 0.475. The molecule has 0 radical (unpaired) electrons. The SMILES string of the molecule is CCCCC(CC)C[Si]1(CC(CC)CCC)c2cc(-c3c(F)cc(-c4cccs4)c4nsnc34)sc2-c2sc(-c3c(F)cc(-c4cccs4)c4nsnc34)cc21. The van der Waals surface area contributed by atoms with E-state index in [1.165, 1.54) is 45.8 Å². The molecule has 0 bridgehead atoms. The average molecular weight is 873 g/mol. The molecule has 8 aromatic rings. The van der Waals surface area contributed by atoms with Crippen LogP contribution in [0.15, 0.2) is 59.3 Å². The minimum absolute atomic E-state index is 0.258.